The summed E-state index contributed by atoms with van der Waals surface area (Å²) >= 11 is 0. The molecular weight excluding hydrogens is 252 g/mol. The molecule has 4 N–H and O–H groups in total. The number of nitrogens with two attached hydrogens (primary N) is 1. The number of nitrogens with zero attached hydrogens (tertiary/aromatic N) is 1. The Morgan fingerprint density at radius 2 is 2.10 bits per heavy atom. The summed E-state index contributed by atoms with van der Waals surface area (Å²) in [6, 6.07) is 1.89. The fourth-order valence-corrected chi connectivity index (χ4v) is 2.16. The summed E-state index contributed by atoms with van der Waals surface area (Å²) in [4.78, 5) is 12.0. The van der Waals surface area contributed by atoms with Crippen molar-refractivity contribution >= 4 is 11.7 Å². The van der Waals surface area contributed by atoms with Gasteiger partial charge in [-0.25, -0.2) is 0 Å². The third-order valence-corrected chi connectivity index (χ3v) is 3.27. The lowest BCUT2D eigenvalue weighted by molar-refractivity contribution is -0.117. The van der Waals surface area contributed by atoms with Crippen LogP contribution < -0.4 is 11.1 Å². The molecule has 0 saturated carbocycles. The molecule has 0 radical (unpaired) electrons. The fourth-order valence-electron chi connectivity index (χ4n) is 2.16. The van der Waals surface area contributed by atoms with Gasteiger partial charge >= 0.3 is 0 Å². The van der Waals surface area contributed by atoms with Crippen LogP contribution in [0.5, 0.6) is 0 Å². The number of amides is 1. The van der Waals surface area contributed by atoms with Crippen molar-refractivity contribution in [3.8, 4) is 0 Å². The smallest absolute Gasteiger partial charge is 0.225 e. The van der Waals surface area contributed by atoms with Crippen molar-refractivity contribution in [2.45, 2.75) is 52.9 Å². The lowest BCUT2D eigenvalue weighted by Gasteiger charge is -2.16. The van der Waals surface area contributed by atoms with E-state index in [0.29, 0.717) is 24.7 Å². The number of carbonyl (C=O) groups is 1. The second-order valence-corrected chi connectivity index (χ2v) is 6.90. The first kappa shape index (κ1) is 16.7. The molecule has 0 aliphatic rings. The van der Waals surface area contributed by atoms with Crippen molar-refractivity contribution in [2.75, 3.05) is 11.9 Å². The summed E-state index contributed by atoms with van der Waals surface area (Å²) in [6.45, 7) is 11.1. The van der Waals surface area contributed by atoms with Gasteiger partial charge in [-0.1, -0.05) is 34.6 Å². The normalized spacial score (nSPS) is 13.6. The largest absolute Gasteiger partial charge is 0.330 e. The molecule has 5 heteroatoms. The Balaban J connectivity index is 2.55. The molecule has 0 aliphatic heterocycles. The average molecular weight is 280 g/mol. The first-order valence-corrected chi connectivity index (χ1v) is 7.28. The van der Waals surface area contributed by atoms with E-state index in [4.69, 9.17) is 5.73 Å². The summed E-state index contributed by atoms with van der Waals surface area (Å²) in [7, 11) is 0. The van der Waals surface area contributed by atoms with E-state index in [-0.39, 0.29) is 17.2 Å². The maximum Gasteiger partial charge on any atom is 0.225 e. The highest BCUT2D eigenvalue weighted by atomic mass is 16.1. The van der Waals surface area contributed by atoms with Crippen molar-refractivity contribution in [1.82, 2.24) is 10.2 Å². The minimum atomic E-state index is -0.0203. The highest BCUT2D eigenvalue weighted by Gasteiger charge is 2.18. The van der Waals surface area contributed by atoms with E-state index >= 15 is 0 Å². The number of carbonyl (C=O) groups excluding carboxylic acids is 1. The Morgan fingerprint density at radius 1 is 1.45 bits per heavy atom. The Kier molecular flexibility index (Phi) is 5.74. The van der Waals surface area contributed by atoms with Gasteiger partial charge in [-0.15, -0.1) is 0 Å². The van der Waals surface area contributed by atoms with Crippen LogP contribution in [0.15, 0.2) is 6.07 Å². The third-order valence-electron chi connectivity index (χ3n) is 3.27. The van der Waals surface area contributed by atoms with E-state index in [9.17, 15) is 4.79 Å². The van der Waals surface area contributed by atoms with Crippen LogP contribution in [0.1, 0.15) is 53.2 Å². The Labute approximate surface area is 121 Å². The fraction of sp³-hybridized carbons (Fsp3) is 0.733. The highest BCUT2D eigenvalue weighted by molar-refractivity contribution is 5.89. The van der Waals surface area contributed by atoms with Crippen LogP contribution in [0, 0.1) is 11.8 Å². The Morgan fingerprint density at radius 3 is 2.55 bits per heavy atom. The zero-order valence-electron chi connectivity index (χ0n) is 13.3. The number of anilines is 1. The Hall–Kier alpha value is -1.36. The molecule has 5 nitrogen and oxygen atoms in total. The topological polar surface area (TPSA) is 83.8 Å². The second-order valence-electron chi connectivity index (χ2n) is 6.90. The maximum absolute atomic E-state index is 12.0. The summed E-state index contributed by atoms with van der Waals surface area (Å²) in [5, 5.41) is 9.93. The van der Waals surface area contributed by atoms with Crippen molar-refractivity contribution in [1.29, 1.82) is 0 Å². The molecule has 1 aromatic heterocycles. The maximum atomic E-state index is 12.0. The van der Waals surface area contributed by atoms with Crippen LogP contribution in [0.3, 0.4) is 0 Å². The zero-order valence-corrected chi connectivity index (χ0v) is 13.3. The van der Waals surface area contributed by atoms with Crippen LogP contribution in [0.25, 0.3) is 0 Å². The lowest BCUT2D eigenvalue weighted by Crippen LogP contribution is -2.23. The predicted octanol–water partition coefficient (Wildman–Crippen LogP) is 2.66. The molecule has 1 aromatic rings. The number of hydrogen-bond acceptors (Lipinski definition) is 3. The molecule has 0 bridgehead atoms. The molecule has 0 fully saturated rings. The first-order chi connectivity index (χ1) is 9.22. The van der Waals surface area contributed by atoms with Crippen LogP contribution in [-0.2, 0) is 10.2 Å². The van der Waals surface area contributed by atoms with Crippen molar-refractivity contribution in [3.63, 3.8) is 0 Å². The van der Waals surface area contributed by atoms with Gasteiger partial charge in [0.25, 0.3) is 0 Å². The average Bonchev–Trinajstić information content (AvgIpc) is 2.75. The molecule has 1 atom stereocenters. The van der Waals surface area contributed by atoms with Crippen molar-refractivity contribution < 1.29 is 4.79 Å². The standard InChI is InChI=1S/C15H28N4O/c1-10(2)6-11(9-16)7-14(20)17-13-8-12(18-19-13)15(3,4)5/h8,10-11H,6-7,9,16H2,1-5H3,(H2,17,18,19,20)/t11-/m0/s1. The third kappa shape index (κ3) is 5.33. The summed E-state index contributed by atoms with van der Waals surface area (Å²) < 4.78 is 0. The molecule has 114 valence electrons. The molecule has 1 heterocycles. The van der Waals surface area contributed by atoms with Crippen LogP contribution in [0.2, 0.25) is 0 Å². The Bertz CT molecular complexity index is 431. The summed E-state index contributed by atoms with van der Waals surface area (Å²) in [5.74, 6) is 1.35. The number of rotatable bonds is 6. The van der Waals surface area contributed by atoms with Crippen LogP contribution in [0.4, 0.5) is 5.82 Å². The minimum Gasteiger partial charge on any atom is -0.330 e. The predicted molar refractivity (Wildman–Crippen MR) is 82.5 cm³/mol. The van der Waals surface area contributed by atoms with Crippen molar-refractivity contribution in [2.24, 2.45) is 17.6 Å². The number of aromatic amines is 1. The molecule has 20 heavy (non-hydrogen) atoms. The first-order valence-electron chi connectivity index (χ1n) is 7.28. The second kappa shape index (κ2) is 6.88. The zero-order chi connectivity index (χ0) is 15.3. The van der Waals surface area contributed by atoms with E-state index in [1.807, 2.05) is 6.07 Å². The van der Waals surface area contributed by atoms with E-state index in [0.717, 1.165) is 12.1 Å². The molecule has 1 amide bonds. The van der Waals surface area contributed by atoms with Crippen LogP contribution >= 0.6 is 0 Å². The molecule has 0 unspecified atom stereocenters. The van der Waals surface area contributed by atoms with Gasteiger partial charge in [0.2, 0.25) is 5.91 Å². The number of nitrogens with one attached hydrogen (secondary N) is 2. The van der Waals surface area contributed by atoms with Crippen molar-refractivity contribution in [3.05, 3.63) is 11.8 Å². The van der Waals surface area contributed by atoms with Gasteiger partial charge in [0, 0.05) is 23.6 Å². The number of hydrogen-bond donors (Lipinski definition) is 3. The summed E-state index contributed by atoms with van der Waals surface area (Å²) in [6.07, 6.45) is 1.42. The SMILES string of the molecule is CC(C)C[C@H](CN)CC(=O)Nc1cc(C(C)(C)C)[nH]n1. The molecule has 1 rings (SSSR count). The van der Waals surface area contributed by atoms with E-state index in [1.54, 1.807) is 0 Å². The summed E-state index contributed by atoms with van der Waals surface area (Å²) in [5.41, 5.74) is 6.72. The van der Waals surface area contributed by atoms with Gasteiger partial charge < -0.3 is 11.1 Å². The molecule has 0 spiro atoms. The highest BCUT2D eigenvalue weighted by Crippen LogP contribution is 2.22. The van der Waals surface area contributed by atoms with E-state index in [2.05, 4.69) is 50.1 Å². The number of aromatic nitrogens is 2. The molecule has 0 aliphatic carbocycles. The van der Waals surface area contributed by atoms with E-state index < -0.39 is 0 Å². The molecule has 0 saturated heterocycles. The molecular formula is C15H28N4O. The van der Waals surface area contributed by atoms with Gasteiger partial charge in [-0.3, -0.25) is 9.89 Å². The molecule has 0 aromatic carbocycles. The number of H-pyrrole nitrogens is 1. The lowest BCUT2D eigenvalue weighted by atomic mass is 9.92. The monoisotopic (exact) mass is 280 g/mol. The quantitative estimate of drug-likeness (QED) is 0.749. The van der Waals surface area contributed by atoms with Gasteiger partial charge in [0.1, 0.15) is 0 Å². The van der Waals surface area contributed by atoms with Gasteiger partial charge in [-0.2, -0.15) is 5.10 Å². The van der Waals surface area contributed by atoms with Gasteiger partial charge in [0.05, 0.1) is 0 Å². The van der Waals surface area contributed by atoms with Crippen LogP contribution in [-0.4, -0.2) is 22.6 Å². The van der Waals surface area contributed by atoms with E-state index in [1.165, 1.54) is 0 Å². The van der Waals surface area contributed by atoms with Gasteiger partial charge in [-0.05, 0) is 24.8 Å². The van der Waals surface area contributed by atoms with Gasteiger partial charge in [0.15, 0.2) is 5.82 Å². The minimum absolute atomic E-state index is 0.00653.